The highest BCUT2D eigenvalue weighted by Gasteiger charge is 2.42. The molecule has 0 spiro atoms. The van der Waals surface area contributed by atoms with Crippen molar-refractivity contribution in [1.82, 2.24) is 4.90 Å². The summed E-state index contributed by atoms with van der Waals surface area (Å²) in [7, 11) is 0. The smallest absolute Gasteiger partial charge is 0.410 e. The van der Waals surface area contributed by atoms with Crippen molar-refractivity contribution in [2.75, 3.05) is 18.0 Å². The van der Waals surface area contributed by atoms with Gasteiger partial charge in [-0.1, -0.05) is 48.5 Å². The molecule has 2 aromatic rings. The Labute approximate surface area is 172 Å². The van der Waals surface area contributed by atoms with Crippen molar-refractivity contribution in [3.63, 3.8) is 0 Å². The second-order valence-electron chi connectivity index (χ2n) is 7.79. The number of rotatable bonds is 5. The van der Waals surface area contributed by atoms with Gasteiger partial charge in [-0.2, -0.15) is 0 Å². The number of hydrogen-bond donors (Lipinski definition) is 1. The predicted octanol–water partition coefficient (Wildman–Crippen LogP) is 3.56. The minimum absolute atomic E-state index is 0.0146. The number of anilines is 1. The minimum atomic E-state index is -0.990. The number of para-hydroxylation sites is 1. The van der Waals surface area contributed by atoms with Crippen LogP contribution in [0.15, 0.2) is 60.7 Å². The Morgan fingerprint density at radius 3 is 2.14 bits per heavy atom. The van der Waals surface area contributed by atoms with Gasteiger partial charge in [0, 0.05) is 24.8 Å². The van der Waals surface area contributed by atoms with Crippen molar-refractivity contribution in [2.45, 2.75) is 44.9 Å². The largest absolute Gasteiger partial charge is 0.445 e. The third-order valence-electron chi connectivity index (χ3n) is 5.31. The molecule has 2 N–H and O–H groups in total. The van der Waals surface area contributed by atoms with Crippen molar-refractivity contribution in [3.05, 3.63) is 66.2 Å². The lowest BCUT2D eigenvalue weighted by molar-refractivity contribution is -0.125. The van der Waals surface area contributed by atoms with Crippen molar-refractivity contribution in [1.29, 1.82) is 0 Å². The number of nitrogens with zero attached hydrogens (tertiary/aromatic N) is 2. The molecule has 0 aromatic heterocycles. The summed E-state index contributed by atoms with van der Waals surface area (Å²) in [5.74, 6) is -0.101. The normalized spacial score (nSPS) is 15.8. The molecule has 1 aliphatic rings. The zero-order chi connectivity index (χ0) is 20.9. The average Bonchev–Trinajstić information content (AvgIpc) is 2.74. The SMILES string of the molecule is CC(C)N(C(=O)C1(N)CCN(C(=O)OCc2ccccc2)CC1)c1ccccc1. The van der Waals surface area contributed by atoms with Crippen LogP contribution < -0.4 is 10.6 Å². The maximum absolute atomic E-state index is 13.3. The molecule has 29 heavy (non-hydrogen) atoms. The van der Waals surface area contributed by atoms with E-state index < -0.39 is 5.54 Å². The topological polar surface area (TPSA) is 75.9 Å². The maximum Gasteiger partial charge on any atom is 0.410 e. The van der Waals surface area contributed by atoms with Crippen molar-refractivity contribution < 1.29 is 14.3 Å². The van der Waals surface area contributed by atoms with Crippen LogP contribution in [0.2, 0.25) is 0 Å². The van der Waals surface area contributed by atoms with Gasteiger partial charge in [-0.25, -0.2) is 4.79 Å². The Morgan fingerprint density at radius 1 is 1.03 bits per heavy atom. The van der Waals surface area contributed by atoms with Gasteiger partial charge < -0.3 is 20.3 Å². The molecule has 0 saturated carbocycles. The molecule has 6 heteroatoms. The van der Waals surface area contributed by atoms with Crippen LogP contribution in [-0.2, 0) is 16.1 Å². The number of benzene rings is 2. The highest BCUT2D eigenvalue weighted by molar-refractivity contribution is 6.00. The number of hydrogen-bond acceptors (Lipinski definition) is 4. The first-order chi connectivity index (χ1) is 13.9. The van der Waals surface area contributed by atoms with E-state index in [1.807, 2.05) is 74.5 Å². The molecule has 1 aliphatic heterocycles. The van der Waals surface area contributed by atoms with E-state index >= 15 is 0 Å². The Balaban J connectivity index is 1.60. The molecule has 0 bridgehead atoms. The lowest BCUT2D eigenvalue weighted by Gasteiger charge is -2.41. The van der Waals surface area contributed by atoms with Crippen LogP contribution in [0.4, 0.5) is 10.5 Å². The van der Waals surface area contributed by atoms with Crippen molar-refractivity contribution in [2.24, 2.45) is 5.73 Å². The maximum atomic E-state index is 13.3. The van der Waals surface area contributed by atoms with Crippen LogP contribution in [0, 0.1) is 0 Å². The van der Waals surface area contributed by atoms with E-state index in [0.29, 0.717) is 25.9 Å². The number of nitrogens with two attached hydrogens (primary N) is 1. The van der Waals surface area contributed by atoms with E-state index in [1.54, 1.807) is 9.80 Å². The van der Waals surface area contributed by atoms with Crippen molar-refractivity contribution in [3.8, 4) is 0 Å². The van der Waals surface area contributed by atoms with Gasteiger partial charge in [-0.3, -0.25) is 4.79 Å². The summed E-state index contributed by atoms with van der Waals surface area (Å²) in [4.78, 5) is 29.1. The highest BCUT2D eigenvalue weighted by Crippen LogP contribution is 2.27. The van der Waals surface area contributed by atoms with Crippen LogP contribution in [0.3, 0.4) is 0 Å². The molecule has 2 aromatic carbocycles. The third-order valence-corrected chi connectivity index (χ3v) is 5.31. The molecule has 0 atom stereocenters. The fraction of sp³-hybridized carbons (Fsp3) is 0.391. The molecule has 6 nitrogen and oxygen atoms in total. The minimum Gasteiger partial charge on any atom is -0.445 e. The van der Waals surface area contributed by atoms with Crippen LogP contribution in [0.1, 0.15) is 32.3 Å². The van der Waals surface area contributed by atoms with Gasteiger partial charge in [-0.15, -0.1) is 0 Å². The second kappa shape index (κ2) is 9.09. The van der Waals surface area contributed by atoms with Crippen LogP contribution in [0.25, 0.3) is 0 Å². The van der Waals surface area contributed by atoms with Gasteiger partial charge in [0.25, 0.3) is 0 Å². The summed E-state index contributed by atoms with van der Waals surface area (Å²) in [5, 5.41) is 0. The first-order valence-electron chi connectivity index (χ1n) is 10.0. The van der Waals surface area contributed by atoms with Gasteiger partial charge in [0.15, 0.2) is 0 Å². The van der Waals surface area contributed by atoms with Crippen molar-refractivity contribution >= 4 is 17.7 Å². The van der Waals surface area contributed by atoms with E-state index in [-0.39, 0.29) is 24.6 Å². The lowest BCUT2D eigenvalue weighted by atomic mass is 9.86. The Bertz CT molecular complexity index is 816. The fourth-order valence-corrected chi connectivity index (χ4v) is 3.59. The Hall–Kier alpha value is -2.86. The van der Waals surface area contributed by atoms with E-state index in [9.17, 15) is 9.59 Å². The Morgan fingerprint density at radius 2 is 1.59 bits per heavy atom. The molecule has 2 amide bonds. The number of carbonyl (C=O) groups excluding carboxylic acids is 2. The molecule has 1 saturated heterocycles. The standard InChI is InChI=1S/C23H29N3O3/c1-18(2)26(20-11-7-4-8-12-20)21(27)23(24)13-15-25(16-14-23)22(28)29-17-19-9-5-3-6-10-19/h3-12,18H,13-17,24H2,1-2H3. The lowest BCUT2D eigenvalue weighted by Crippen LogP contribution is -2.62. The summed E-state index contributed by atoms with van der Waals surface area (Å²) < 4.78 is 5.40. The molecule has 0 radical (unpaired) electrons. The van der Waals surface area contributed by atoms with Crippen LogP contribution in [0.5, 0.6) is 0 Å². The highest BCUT2D eigenvalue weighted by atomic mass is 16.6. The monoisotopic (exact) mass is 395 g/mol. The Kier molecular flexibility index (Phi) is 6.54. The predicted molar refractivity (Wildman–Crippen MR) is 113 cm³/mol. The number of likely N-dealkylation sites (tertiary alicyclic amines) is 1. The number of amides is 2. The van der Waals surface area contributed by atoms with Gasteiger partial charge in [0.1, 0.15) is 6.61 Å². The van der Waals surface area contributed by atoms with Gasteiger partial charge >= 0.3 is 6.09 Å². The van der Waals surface area contributed by atoms with E-state index in [4.69, 9.17) is 10.5 Å². The molecule has 1 heterocycles. The number of ether oxygens (including phenoxy) is 1. The summed E-state index contributed by atoms with van der Waals surface area (Å²) >= 11 is 0. The zero-order valence-electron chi connectivity index (χ0n) is 17.1. The summed E-state index contributed by atoms with van der Waals surface area (Å²) in [6.07, 6.45) is 0.442. The zero-order valence-corrected chi connectivity index (χ0v) is 17.1. The van der Waals surface area contributed by atoms with Crippen LogP contribution >= 0.6 is 0 Å². The van der Waals surface area contributed by atoms with Gasteiger partial charge in [-0.05, 0) is 44.4 Å². The molecular formula is C23H29N3O3. The number of carbonyl (C=O) groups is 2. The van der Waals surface area contributed by atoms with E-state index in [2.05, 4.69) is 0 Å². The molecule has 0 aliphatic carbocycles. The van der Waals surface area contributed by atoms with E-state index in [0.717, 1.165) is 11.3 Å². The molecule has 0 unspecified atom stereocenters. The average molecular weight is 396 g/mol. The third kappa shape index (κ3) is 4.95. The van der Waals surface area contributed by atoms with Gasteiger partial charge in [0.05, 0.1) is 5.54 Å². The quantitative estimate of drug-likeness (QED) is 0.840. The van der Waals surface area contributed by atoms with Gasteiger partial charge in [0.2, 0.25) is 5.91 Å². The first kappa shape index (κ1) is 20.9. The second-order valence-corrected chi connectivity index (χ2v) is 7.79. The summed E-state index contributed by atoms with van der Waals surface area (Å²) in [6, 6.07) is 19.1. The molecule has 3 rings (SSSR count). The summed E-state index contributed by atoms with van der Waals surface area (Å²) in [5.41, 5.74) is 7.32. The molecule has 154 valence electrons. The van der Waals surface area contributed by atoms with Crippen LogP contribution in [-0.4, -0.2) is 41.6 Å². The molecule has 1 fully saturated rings. The fourth-order valence-electron chi connectivity index (χ4n) is 3.59. The first-order valence-corrected chi connectivity index (χ1v) is 10.0. The summed E-state index contributed by atoms with van der Waals surface area (Å²) in [6.45, 7) is 4.99. The van der Waals surface area contributed by atoms with E-state index in [1.165, 1.54) is 0 Å². The number of piperidine rings is 1. The molecular weight excluding hydrogens is 366 g/mol.